The highest BCUT2D eigenvalue weighted by molar-refractivity contribution is 6.02. The van der Waals surface area contributed by atoms with Gasteiger partial charge in [0.15, 0.2) is 0 Å². The number of hydrogen-bond acceptors (Lipinski definition) is 2. The summed E-state index contributed by atoms with van der Waals surface area (Å²) in [5.41, 5.74) is 18.8. The lowest BCUT2D eigenvalue weighted by Gasteiger charge is -2.33. The summed E-state index contributed by atoms with van der Waals surface area (Å²) in [6.07, 6.45) is 0. The first-order valence-corrected chi connectivity index (χ1v) is 23.9. The van der Waals surface area contributed by atoms with Crippen LogP contribution in [0.1, 0.15) is 22.3 Å². The lowest BCUT2D eigenvalue weighted by Crippen LogP contribution is -2.26. The van der Waals surface area contributed by atoms with E-state index in [1.54, 1.807) is 0 Å². The van der Waals surface area contributed by atoms with Gasteiger partial charge in [-0.25, -0.2) is 0 Å². The van der Waals surface area contributed by atoms with Gasteiger partial charge in [0.05, 0.1) is 5.41 Å². The summed E-state index contributed by atoms with van der Waals surface area (Å²) in [5.74, 6) is 0. The molecule has 0 radical (unpaired) electrons. The highest BCUT2D eigenvalue weighted by Gasteiger charge is 2.52. The number of benzene rings is 12. The molecule has 0 amide bonds. The molecule has 0 aliphatic heterocycles. The molecule has 2 heteroatoms. The zero-order valence-electron chi connectivity index (χ0n) is 37.8. The summed E-state index contributed by atoms with van der Waals surface area (Å²) in [4.78, 5) is 4.89. The van der Waals surface area contributed by atoms with E-state index in [1.165, 1.54) is 88.0 Å². The zero-order chi connectivity index (χ0) is 45.5. The highest BCUT2D eigenvalue weighted by Crippen LogP contribution is 2.64. The molecule has 69 heavy (non-hydrogen) atoms. The third-order valence-electron chi connectivity index (χ3n) is 14.8. The molecule has 12 aromatic rings. The Morgan fingerprint density at radius 2 is 0.609 bits per heavy atom. The molecule has 2 aliphatic carbocycles. The fraction of sp³-hybridized carbons (Fsp3) is 0.0149. The molecule has 1 atom stereocenters. The van der Waals surface area contributed by atoms with Crippen LogP contribution < -0.4 is 9.80 Å². The van der Waals surface area contributed by atoms with Crippen LogP contribution in [0.3, 0.4) is 0 Å². The smallest absolute Gasteiger partial charge is 0.0727 e. The number of para-hydroxylation sites is 1. The van der Waals surface area contributed by atoms with Crippen LogP contribution in [-0.2, 0) is 5.41 Å². The van der Waals surface area contributed by atoms with Gasteiger partial charge in [0, 0.05) is 34.1 Å². The van der Waals surface area contributed by atoms with Crippen molar-refractivity contribution in [3.05, 3.63) is 289 Å². The topological polar surface area (TPSA) is 6.48 Å². The molecule has 2 nitrogen and oxygen atoms in total. The average Bonchev–Trinajstić information content (AvgIpc) is 3.88. The summed E-state index contributed by atoms with van der Waals surface area (Å²) in [6, 6.07) is 98.9. The van der Waals surface area contributed by atoms with Gasteiger partial charge in [0.2, 0.25) is 0 Å². The third kappa shape index (κ3) is 6.06. The van der Waals surface area contributed by atoms with E-state index >= 15 is 0 Å². The molecule has 0 saturated heterocycles. The fourth-order valence-corrected chi connectivity index (χ4v) is 11.8. The molecule has 322 valence electrons. The maximum atomic E-state index is 2.50. The molecule has 0 saturated carbocycles. The van der Waals surface area contributed by atoms with E-state index in [0.29, 0.717) is 0 Å². The Morgan fingerprint density at radius 1 is 0.217 bits per heavy atom. The Morgan fingerprint density at radius 3 is 1.19 bits per heavy atom. The van der Waals surface area contributed by atoms with E-state index in [-0.39, 0.29) is 0 Å². The van der Waals surface area contributed by atoms with Crippen LogP contribution in [0.4, 0.5) is 34.1 Å². The lowest BCUT2D eigenvalue weighted by atomic mass is 9.70. The fourth-order valence-electron chi connectivity index (χ4n) is 11.8. The minimum absolute atomic E-state index is 0.589. The summed E-state index contributed by atoms with van der Waals surface area (Å²) in [6.45, 7) is 0. The third-order valence-corrected chi connectivity index (χ3v) is 14.8. The van der Waals surface area contributed by atoms with Gasteiger partial charge in [-0.2, -0.15) is 0 Å². The standard InChI is InChI=1S/C67H44N2/c1-3-18-47(19-4-1)57-27-15-22-48-32-35-54(42-62(48)57)68(51-23-5-2-6-24-51)55-36-38-60-58-25-11-13-28-63(58)67(65(60)43-55)64-29-14-12-26-59(64)61-39-37-56(44-66(61)67)69(52-33-30-45-16-7-9-20-49(45)40-52)53-34-31-46-17-8-10-21-50(46)41-53/h1-44H. The molecule has 1 unspecified atom stereocenters. The Kier molecular flexibility index (Phi) is 8.84. The number of anilines is 6. The number of nitrogens with zero attached hydrogens (tertiary/aromatic N) is 2. The van der Waals surface area contributed by atoms with Crippen molar-refractivity contribution >= 4 is 66.4 Å². The molecular formula is C67H44N2. The summed E-state index contributed by atoms with van der Waals surface area (Å²) in [5, 5.41) is 7.31. The SMILES string of the molecule is c1ccc(-c2cccc3ccc(N(c4ccccc4)c4ccc5c(c4)C4(c6ccccc6-c6ccc(N(c7ccc8ccccc8c7)c7ccc8ccccc8c7)cc64)c4ccccc4-5)cc23)cc1. The van der Waals surface area contributed by atoms with Gasteiger partial charge in [-0.3, -0.25) is 0 Å². The Bertz CT molecular complexity index is 3890. The Balaban J connectivity index is 1.01. The first-order valence-electron chi connectivity index (χ1n) is 23.9. The number of hydrogen-bond donors (Lipinski definition) is 0. The Hall–Kier alpha value is -8.98. The van der Waals surface area contributed by atoms with Gasteiger partial charge in [-0.15, -0.1) is 0 Å². The molecule has 0 N–H and O–H groups in total. The highest BCUT2D eigenvalue weighted by atomic mass is 15.1. The van der Waals surface area contributed by atoms with Crippen molar-refractivity contribution in [3.8, 4) is 33.4 Å². The quantitative estimate of drug-likeness (QED) is 0.157. The maximum absolute atomic E-state index is 2.50. The second-order valence-corrected chi connectivity index (χ2v) is 18.4. The minimum Gasteiger partial charge on any atom is -0.310 e. The molecule has 2 aliphatic rings. The summed E-state index contributed by atoms with van der Waals surface area (Å²) >= 11 is 0. The largest absolute Gasteiger partial charge is 0.310 e. The summed E-state index contributed by atoms with van der Waals surface area (Å²) < 4.78 is 0. The molecule has 14 rings (SSSR count). The minimum atomic E-state index is -0.589. The second-order valence-electron chi connectivity index (χ2n) is 18.4. The normalized spacial score (nSPS) is 14.1. The predicted molar refractivity (Wildman–Crippen MR) is 290 cm³/mol. The first kappa shape index (κ1) is 39.2. The van der Waals surface area contributed by atoms with Gasteiger partial charge in [0.25, 0.3) is 0 Å². The maximum Gasteiger partial charge on any atom is 0.0727 e. The van der Waals surface area contributed by atoms with Crippen LogP contribution in [0.2, 0.25) is 0 Å². The van der Waals surface area contributed by atoms with E-state index in [2.05, 4.69) is 277 Å². The number of rotatable bonds is 7. The zero-order valence-corrected chi connectivity index (χ0v) is 37.8. The predicted octanol–water partition coefficient (Wildman–Crippen LogP) is 18.1. The van der Waals surface area contributed by atoms with Crippen molar-refractivity contribution in [2.45, 2.75) is 5.41 Å². The van der Waals surface area contributed by atoms with Crippen LogP contribution in [0, 0.1) is 0 Å². The van der Waals surface area contributed by atoms with Crippen LogP contribution in [0.25, 0.3) is 65.7 Å². The van der Waals surface area contributed by atoms with Crippen molar-refractivity contribution in [1.29, 1.82) is 0 Å². The molecule has 0 bridgehead atoms. The van der Waals surface area contributed by atoms with Crippen LogP contribution in [-0.4, -0.2) is 0 Å². The average molecular weight is 877 g/mol. The van der Waals surface area contributed by atoms with Crippen molar-refractivity contribution < 1.29 is 0 Å². The molecule has 1 spiro atoms. The van der Waals surface area contributed by atoms with Crippen molar-refractivity contribution in [2.75, 3.05) is 9.80 Å². The van der Waals surface area contributed by atoms with Gasteiger partial charge < -0.3 is 9.80 Å². The number of fused-ring (bicyclic) bond motifs is 13. The van der Waals surface area contributed by atoms with Gasteiger partial charge >= 0.3 is 0 Å². The van der Waals surface area contributed by atoms with Crippen LogP contribution in [0.15, 0.2) is 267 Å². The lowest BCUT2D eigenvalue weighted by molar-refractivity contribution is 0.793. The summed E-state index contributed by atoms with van der Waals surface area (Å²) in [7, 11) is 0. The van der Waals surface area contributed by atoms with Crippen LogP contribution >= 0.6 is 0 Å². The molecular weight excluding hydrogens is 833 g/mol. The van der Waals surface area contributed by atoms with E-state index in [1.807, 2.05) is 0 Å². The monoisotopic (exact) mass is 876 g/mol. The van der Waals surface area contributed by atoms with E-state index in [4.69, 9.17) is 0 Å². The van der Waals surface area contributed by atoms with E-state index < -0.39 is 5.41 Å². The van der Waals surface area contributed by atoms with Gasteiger partial charge in [-0.1, -0.05) is 194 Å². The van der Waals surface area contributed by atoms with E-state index in [0.717, 1.165) is 34.1 Å². The van der Waals surface area contributed by atoms with Crippen LogP contribution in [0.5, 0.6) is 0 Å². The second kappa shape index (κ2) is 15.6. The van der Waals surface area contributed by atoms with Gasteiger partial charge in [0.1, 0.15) is 0 Å². The first-order chi connectivity index (χ1) is 34.2. The molecule has 0 fully saturated rings. The van der Waals surface area contributed by atoms with Crippen molar-refractivity contribution in [3.63, 3.8) is 0 Å². The van der Waals surface area contributed by atoms with E-state index in [9.17, 15) is 0 Å². The van der Waals surface area contributed by atoms with Crippen molar-refractivity contribution in [1.82, 2.24) is 0 Å². The molecule has 0 heterocycles. The molecule has 12 aromatic carbocycles. The Labute approximate surface area is 402 Å². The van der Waals surface area contributed by atoms with Crippen molar-refractivity contribution in [2.24, 2.45) is 0 Å². The molecule has 0 aromatic heterocycles. The van der Waals surface area contributed by atoms with Gasteiger partial charge in [-0.05, 0) is 161 Å².